The van der Waals surface area contributed by atoms with Crippen LogP contribution in [0, 0.1) is 5.92 Å². The van der Waals surface area contributed by atoms with Crippen molar-refractivity contribution in [3.8, 4) is 0 Å². The van der Waals surface area contributed by atoms with Gasteiger partial charge >= 0.3 is 0 Å². The molecule has 0 bridgehead atoms. The minimum absolute atomic E-state index is 0.256. The smallest absolute Gasteiger partial charge is 0.225 e. The minimum atomic E-state index is 0.256. The van der Waals surface area contributed by atoms with Crippen LogP contribution in [0.3, 0.4) is 0 Å². The van der Waals surface area contributed by atoms with Crippen LogP contribution in [0.1, 0.15) is 50.1 Å². The van der Waals surface area contributed by atoms with E-state index in [1.165, 1.54) is 24.8 Å². The van der Waals surface area contributed by atoms with Crippen LogP contribution in [-0.4, -0.2) is 68.5 Å². The molecule has 2 unspecified atom stereocenters. The highest BCUT2D eigenvalue weighted by Gasteiger charge is 2.31. The van der Waals surface area contributed by atoms with Gasteiger partial charge in [-0.25, -0.2) is 0 Å². The van der Waals surface area contributed by atoms with E-state index in [-0.39, 0.29) is 18.0 Å². The summed E-state index contributed by atoms with van der Waals surface area (Å²) in [6.07, 6.45) is 6.82. The van der Waals surface area contributed by atoms with Gasteiger partial charge in [-0.15, -0.1) is 0 Å². The van der Waals surface area contributed by atoms with E-state index in [2.05, 4.69) is 63.8 Å². The van der Waals surface area contributed by atoms with Crippen LogP contribution >= 0.6 is 0 Å². The number of guanidine groups is 1. The van der Waals surface area contributed by atoms with Crippen molar-refractivity contribution in [3.05, 3.63) is 35.9 Å². The zero-order valence-electron chi connectivity index (χ0n) is 18.2. The Morgan fingerprint density at radius 2 is 1.90 bits per heavy atom. The number of nitrogens with zero attached hydrogens (tertiary/aromatic N) is 3. The summed E-state index contributed by atoms with van der Waals surface area (Å²) >= 11 is 0. The van der Waals surface area contributed by atoms with E-state index in [0.29, 0.717) is 5.91 Å². The van der Waals surface area contributed by atoms with Gasteiger partial charge < -0.3 is 20.4 Å². The second-order valence-corrected chi connectivity index (χ2v) is 8.59. The molecule has 0 spiro atoms. The first-order chi connectivity index (χ1) is 14.1. The van der Waals surface area contributed by atoms with E-state index in [1.807, 2.05) is 13.1 Å². The van der Waals surface area contributed by atoms with Gasteiger partial charge in [0.2, 0.25) is 5.91 Å². The number of carbonyl (C=O) groups excluding carboxylic acids is 1. The van der Waals surface area contributed by atoms with Crippen molar-refractivity contribution < 1.29 is 4.79 Å². The minimum Gasteiger partial charge on any atom is -0.354 e. The molecule has 2 N–H and O–H groups in total. The summed E-state index contributed by atoms with van der Waals surface area (Å²) in [6.45, 7) is 2.41. The highest BCUT2D eigenvalue weighted by Crippen LogP contribution is 2.26. The number of benzene rings is 1. The van der Waals surface area contributed by atoms with Crippen LogP contribution in [0.15, 0.2) is 35.3 Å². The lowest BCUT2D eigenvalue weighted by Crippen LogP contribution is -2.47. The average molecular weight is 400 g/mol. The van der Waals surface area contributed by atoms with E-state index in [1.54, 1.807) is 0 Å². The number of likely N-dealkylation sites (tertiary alicyclic amines) is 1. The molecule has 1 aromatic rings. The Balaban J connectivity index is 1.49. The number of hydrogen-bond acceptors (Lipinski definition) is 3. The van der Waals surface area contributed by atoms with Gasteiger partial charge in [-0.05, 0) is 38.9 Å². The fraction of sp³-hybridized carbons (Fsp3) is 0.652. The first-order valence-corrected chi connectivity index (χ1v) is 11.1. The number of likely N-dealkylation sites (N-methyl/N-ethyl adjacent to an activating group) is 1. The second kappa shape index (κ2) is 10.6. The van der Waals surface area contributed by atoms with Gasteiger partial charge in [0, 0.05) is 38.6 Å². The summed E-state index contributed by atoms with van der Waals surface area (Å²) in [7, 11) is 6.00. The summed E-state index contributed by atoms with van der Waals surface area (Å²) in [5.74, 6) is 1.44. The van der Waals surface area contributed by atoms with Gasteiger partial charge in [-0.2, -0.15) is 0 Å². The SMILES string of the molecule is CN=C(NCC(c1ccccc1)N(C)C)NC1CCN(C(=O)C2CCCCC2)C1. The molecule has 3 rings (SSSR count). The lowest BCUT2D eigenvalue weighted by atomic mass is 9.88. The first-order valence-electron chi connectivity index (χ1n) is 11.1. The van der Waals surface area contributed by atoms with Crippen LogP contribution < -0.4 is 10.6 Å². The molecule has 2 fully saturated rings. The van der Waals surface area contributed by atoms with Crippen molar-refractivity contribution in [2.45, 2.75) is 50.6 Å². The molecular weight excluding hydrogens is 362 g/mol. The third-order valence-electron chi connectivity index (χ3n) is 6.29. The largest absolute Gasteiger partial charge is 0.354 e. The van der Waals surface area contributed by atoms with E-state index >= 15 is 0 Å². The molecule has 1 amide bonds. The molecule has 6 heteroatoms. The molecule has 1 aliphatic heterocycles. The molecule has 1 heterocycles. The third-order valence-corrected chi connectivity index (χ3v) is 6.29. The zero-order valence-corrected chi connectivity index (χ0v) is 18.2. The standard InChI is InChI=1S/C23H37N5O/c1-24-23(25-16-21(27(2)3)18-10-6-4-7-11-18)26-20-14-15-28(17-20)22(29)19-12-8-5-9-13-19/h4,6-7,10-11,19-21H,5,8-9,12-17H2,1-3H3,(H2,24,25,26). The molecular formula is C23H37N5O. The van der Waals surface area contributed by atoms with Gasteiger partial charge in [0.25, 0.3) is 0 Å². The Hall–Kier alpha value is -2.08. The van der Waals surface area contributed by atoms with Crippen molar-refractivity contribution in [2.75, 3.05) is 40.8 Å². The van der Waals surface area contributed by atoms with Crippen molar-refractivity contribution >= 4 is 11.9 Å². The topological polar surface area (TPSA) is 60.0 Å². The maximum Gasteiger partial charge on any atom is 0.225 e. The van der Waals surface area contributed by atoms with Crippen molar-refractivity contribution in [3.63, 3.8) is 0 Å². The number of aliphatic imine (C=N–C) groups is 1. The molecule has 0 radical (unpaired) electrons. The van der Waals surface area contributed by atoms with E-state index in [4.69, 9.17) is 0 Å². The molecule has 1 aliphatic carbocycles. The Bertz CT molecular complexity index is 669. The van der Waals surface area contributed by atoms with Crippen molar-refractivity contribution in [1.29, 1.82) is 0 Å². The Labute approximate surface area is 175 Å². The molecule has 0 aromatic heterocycles. The number of hydrogen-bond donors (Lipinski definition) is 2. The van der Waals surface area contributed by atoms with Gasteiger partial charge in [0.05, 0.1) is 6.04 Å². The zero-order chi connectivity index (χ0) is 20.6. The average Bonchev–Trinajstić information content (AvgIpc) is 3.22. The molecule has 1 saturated heterocycles. The summed E-state index contributed by atoms with van der Waals surface area (Å²) in [4.78, 5) is 21.5. The number of amides is 1. The highest BCUT2D eigenvalue weighted by atomic mass is 16.2. The lowest BCUT2D eigenvalue weighted by molar-refractivity contribution is -0.135. The predicted octanol–water partition coefficient (Wildman–Crippen LogP) is 2.64. The fourth-order valence-electron chi connectivity index (χ4n) is 4.54. The van der Waals surface area contributed by atoms with Gasteiger partial charge in [0.1, 0.15) is 0 Å². The monoisotopic (exact) mass is 399 g/mol. The predicted molar refractivity (Wildman–Crippen MR) is 119 cm³/mol. The molecule has 2 aliphatic rings. The van der Waals surface area contributed by atoms with E-state index < -0.39 is 0 Å². The first kappa shape index (κ1) is 21.6. The number of nitrogens with one attached hydrogen (secondary N) is 2. The molecule has 2 atom stereocenters. The Morgan fingerprint density at radius 1 is 1.17 bits per heavy atom. The van der Waals surface area contributed by atoms with Crippen molar-refractivity contribution in [2.24, 2.45) is 10.9 Å². The quantitative estimate of drug-likeness (QED) is 0.570. The summed E-state index contributed by atoms with van der Waals surface area (Å²) in [5, 5.41) is 7.00. The van der Waals surface area contributed by atoms with Gasteiger partial charge in [-0.1, -0.05) is 49.6 Å². The number of carbonyl (C=O) groups is 1. The Morgan fingerprint density at radius 3 is 2.55 bits per heavy atom. The molecule has 1 saturated carbocycles. The van der Waals surface area contributed by atoms with Crippen LogP contribution in [0.5, 0.6) is 0 Å². The lowest BCUT2D eigenvalue weighted by Gasteiger charge is -2.27. The van der Waals surface area contributed by atoms with E-state index in [0.717, 1.165) is 44.9 Å². The van der Waals surface area contributed by atoms with Crippen LogP contribution in [0.25, 0.3) is 0 Å². The molecule has 160 valence electrons. The van der Waals surface area contributed by atoms with Crippen LogP contribution in [0.4, 0.5) is 0 Å². The maximum absolute atomic E-state index is 12.8. The highest BCUT2D eigenvalue weighted by molar-refractivity contribution is 5.81. The van der Waals surface area contributed by atoms with Crippen LogP contribution in [0.2, 0.25) is 0 Å². The third kappa shape index (κ3) is 5.95. The number of rotatable bonds is 6. The molecule has 1 aromatic carbocycles. The Kier molecular flexibility index (Phi) is 7.92. The van der Waals surface area contributed by atoms with Crippen LogP contribution in [-0.2, 0) is 4.79 Å². The van der Waals surface area contributed by atoms with E-state index in [9.17, 15) is 4.79 Å². The summed E-state index contributed by atoms with van der Waals surface area (Å²) < 4.78 is 0. The van der Waals surface area contributed by atoms with Crippen molar-refractivity contribution in [1.82, 2.24) is 20.4 Å². The van der Waals surface area contributed by atoms with Gasteiger partial charge in [0.15, 0.2) is 5.96 Å². The summed E-state index contributed by atoms with van der Waals surface area (Å²) in [6, 6.07) is 11.1. The summed E-state index contributed by atoms with van der Waals surface area (Å²) in [5.41, 5.74) is 1.28. The maximum atomic E-state index is 12.8. The molecule has 29 heavy (non-hydrogen) atoms. The second-order valence-electron chi connectivity index (χ2n) is 8.59. The molecule has 6 nitrogen and oxygen atoms in total. The normalized spacial score (nSPS) is 22.0. The fourth-order valence-corrected chi connectivity index (χ4v) is 4.54. The van der Waals surface area contributed by atoms with Gasteiger partial charge in [-0.3, -0.25) is 9.79 Å².